The van der Waals surface area contributed by atoms with Crippen LogP contribution in [0.3, 0.4) is 0 Å². The number of halogens is 2. The second-order valence-corrected chi connectivity index (χ2v) is 5.13. The number of nitrogens with zero attached hydrogens (tertiary/aromatic N) is 1. The molecule has 20 heavy (non-hydrogen) atoms. The molecule has 4 heteroatoms. The lowest BCUT2D eigenvalue weighted by molar-refractivity contribution is 0.628. The summed E-state index contributed by atoms with van der Waals surface area (Å²) in [6.45, 7) is 4.69. The molecule has 2 aromatic rings. The van der Waals surface area contributed by atoms with Crippen LogP contribution in [0.25, 0.3) is 0 Å². The van der Waals surface area contributed by atoms with Crippen molar-refractivity contribution in [1.29, 1.82) is 0 Å². The fourth-order valence-electron chi connectivity index (χ4n) is 2.14. The van der Waals surface area contributed by atoms with Crippen molar-refractivity contribution in [2.24, 2.45) is 5.73 Å². The summed E-state index contributed by atoms with van der Waals surface area (Å²) >= 11 is 6.36. The minimum Gasteiger partial charge on any atom is -0.341 e. The number of hydrogen-bond acceptors (Lipinski definition) is 2. The molecule has 0 heterocycles. The van der Waals surface area contributed by atoms with Gasteiger partial charge in [-0.05, 0) is 55.8 Å². The Morgan fingerprint density at radius 3 is 2.35 bits per heavy atom. The van der Waals surface area contributed by atoms with Crippen LogP contribution in [-0.2, 0) is 0 Å². The summed E-state index contributed by atoms with van der Waals surface area (Å²) in [6, 6.07) is 12.1. The van der Waals surface area contributed by atoms with Crippen LogP contribution in [0.4, 0.5) is 15.8 Å². The van der Waals surface area contributed by atoms with Gasteiger partial charge in [-0.3, -0.25) is 0 Å². The van der Waals surface area contributed by atoms with Crippen molar-refractivity contribution in [3.63, 3.8) is 0 Å². The number of rotatable bonds is 4. The monoisotopic (exact) mass is 292 g/mol. The fourth-order valence-corrected chi connectivity index (χ4v) is 2.43. The van der Waals surface area contributed by atoms with Gasteiger partial charge in [0, 0.05) is 18.3 Å². The van der Waals surface area contributed by atoms with E-state index in [1.165, 1.54) is 12.1 Å². The molecule has 0 aromatic heterocycles. The first kappa shape index (κ1) is 14.8. The summed E-state index contributed by atoms with van der Waals surface area (Å²) < 4.78 is 13.0. The van der Waals surface area contributed by atoms with Gasteiger partial charge in [0.2, 0.25) is 0 Å². The van der Waals surface area contributed by atoms with E-state index < -0.39 is 0 Å². The Morgan fingerprint density at radius 1 is 1.20 bits per heavy atom. The molecule has 2 nitrogen and oxygen atoms in total. The Morgan fingerprint density at radius 2 is 1.85 bits per heavy atom. The normalized spacial score (nSPS) is 12.2. The quantitative estimate of drug-likeness (QED) is 0.888. The molecule has 0 aliphatic heterocycles. The second kappa shape index (κ2) is 6.25. The van der Waals surface area contributed by atoms with Crippen molar-refractivity contribution in [2.45, 2.75) is 19.9 Å². The summed E-state index contributed by atoms with van der Waals surface area (Å²) in [7, 11) is 0. The van der Waals surface area contributed by atoms with Crippen LogP contribution in [0, 0.1) is 5.82 Å². The first-order valence-electron chi connectivity index (χ1n) is 6.61. The van der Waals surface area contributed by atoms with Gasteiger partial charge < -0.3 is 10.6 Å². The molecular formula is C16H18ClFN2. The molecule has 0 unspecified atom stereocenters. The number of benzene rings is 2. The largest absolute Gasteiger partial charge is 0.341 e. The summed E-state index contributed by atoms with van der Waals surface area (Å²) in [5.41, 5.74) is 8.65. The van der Waals surface area contributed by atoms with Gasteiger partial charge in [0.05, 0.1) is 10.7 Å². The molecule has 0 saturated heterocycles. The molecule has 0 saturated carbocycles. The predicted molar refractivity (Wildman–Crippen MR) is 83.1 cm³/mol. The van der Waals surface area contributed by atoms with Gasteiger partial charge in [0.25, 0.3) is 0 Å². The highest BCUT2D eigenvalue weighted by Gasteiger charge is 2.12. The third-order valence-electron chi connectivity index (χ3n) is 3.24. The number of nitrogens with two attached hydrogens (primary N) is 1. The first-order valence-corrected chi connectivity index (χ1v) is 6.99. The lowest BCUT2D eigenvalue weighted by Crippen LogP contribution is -2.16. The van der Waals surface area contributed by atoms with E-state index in [0.717, 1.165) is 23.5 Å². The van der Waals surface area contributed by atoms with Crippen LogP contribution in [0.2, 0.25) is 5.02 Å². The van der Waals surface area contributed by atoms with Crippen LogP contribution in [0.5, 0.6) is 0 Å². The van der Waals surface area contributed by atoms with Gasteiger partial charge in [-0.25, -0.2) is 4.39 Å². The number of hydrogen-bond donors (Lipinski definition) is 1. The SMILES string of the molecule is CCN(c1ccc(F)cc1)c1ccc([C@H](C)N)cc1Cl. The lowest BCUT2D eigenvalue weighted by Gasteiger charge is -2.25. The molecule has 0 aliphatic rings. The fraction of sp³-hybridized carbons (Fsp3) is 0.250. The molecule has 106 valence electrons. The van der Waals surface area contributed by atoms with Crippen LogP contribution >= 0.6 is 11.6 Å². The standard InChI is InChI=1S/C16H18ClFN2/c1-3-20(14-7-5-13(18)6-8-14)16-9-4-12(11(2)19)10-15(16)17/h4-11H,3,19H2,1-2H3/t11-/m0/s1. The molecule has 0 bridgehead atoms. The molecule has 0 radical (unpaired) electrons. The van der Waals surface area contributed by atoms with Crippen LogP contribution in [-0.4, -0.2) is 6.54 Å². The summed E-state index contributed by atoms with van der Waals surface area (Å²) in [5, 5.41) is 0.644. The van der Waals surface area contributed by atoms with Crippen molar-refractivity contribution in [2.75, 3.05) is 11.4 Å². The van der Waals surface area contributed by atoms with Crippen molar-refractivity contribution in [1.82, 2.24) is 0 Å². The molecule has 2 N–H and O–H groups in total. The Balaban J connectivity index is 2.39. The van der Waals surface area contributed by atoms with E-state index in [-0.39, 0.29) is 11.9 Å². The summed E-state index contributed by atoms with van der Waals surface area (Å²) in [4.78, 5) is 2.03. The Kier molecular flexibility index (Phi) is 4.63. The minimum atomic E-state index is -0.247. The van der Waals surface area contributed by atoms with Crippen LogP contribution in [0.15, 0.2) is 42.5 Å². The van der Waals surface area contributed by atoms with Crippen molar-refractivity contribution in [3.8, 4) is 0 Å². The Bertz CT molecular complexity index is 582. The van der Waals surface area contributed by atoms with Gasteiger partial charge >= 0.3 is 0 Å². The zero-order chi connectivity index (χ0) is 14.7. The molecule has 0 fully saturated rings. The van der Waals surface area contributed by atoms with E-state index in [1.54, 1.807) is 12.1 Å². The van der Waals surface area contributed by atoms with E-state index in [2.05, 4.69) is 0 Å². The van der Waals surface area contributed by atoms with Gasteiger partial charge in [0.1, 0.15) is 5.82 Å². The maximum atomic E-state index is 13.0. The smallest absolute Gasteiger partial charge is 0.123 e. The third-order valence-corrected chi connectivity index (χ3v) is 3.55. The highest BCUT2D eigenvalue weighted by atomic mass is 35.5. The molecular weight excluding hydrogens is 275 g/mol. The minimum absolute atomic E-state index is 0.0533. The van der Waals surface area contributed by atoms with Crippen LogP contribution in [0.1, 0.15) is 25.5 Å². The van der Waals surface area contributed by atoms with E-state index in [4.69, 9.17) is 17.3 Å². The molecule has 2 aromatic carbocycles. The van der Waals surface area contributed by atoms with E-state index in [1.807, 2.05) is 36.9 Å². The van der Waals surface area contributed by atoms with Crippen molar-refractivity contribution in [3.05, 3.63) is 58.9 Å². The molecule has 0 amide bonds. The van der Waals surface area contributed by atoms with Gasteiger partial charge in [0.15, 0.2) is 0 Å². The average Bonchev–Trinajstić information content (AvgIpc) is 2.43. The predicted octanol–water partition coefficient (Wildman–Crippen LogP) is 4.66. The van der Waals surface area contributed by atoms with E-state index in [9.17, 15) is 4.39 Å². The van der Waals surface area contributed by atoms with Gasteiger partial charge in [-0.15, -0.1) is 0 Å². The Hall–Kier alpha value is -1.58. The highest BCUT2D eigenvalue weighted by molar-refractivity contribution is 6.33. The summed E-state index contributed by atoms with van der Waals surface area (Å²) in [6.07, 6.45) is 0. The average molecular weight is 293 g/mol. The van der Waals surface area contributed by atoms with E-state index >= 15 is 0 Å². The van der Waals surface area contributed by atoms with Crippen molar-refractivity contribution >= 4 is 23.0 Å². The zero-order valence-electron chi connectivity index (χ0n) is 11.6. The zero-order valence-corrected chi connectivity index (χ0v) is 12.4. The van der Waals surface area contributed by atoms with Gasteiger partial charge in [-0.2, -0.15) is 0 Å². The van der Waals surface area contributed by atoms with Crippen molar-refractivity contribution < 1.29 is 4.39 Å². The lowest BCUT2D eigenvalue weighted by atomic mass is 10.1. The van der Waals surface area contributed by atoms with Crippen LogP contribution < -0.4 is 10.6 Å². The maximum Gasteiger partial charge on any atom is 0.123 e. The highest BCUT2D eigenvalue weighted by Crippen LogP contribution is 2.33. The molecule has 0 aliphatic carbocycles. The second-order valence-electron chi connectivity index (χ2n) is 4.72. The molecule has 2 rings (SSSR count). The third kappa shape index (κ3) is 3.11. The first-order chi connectivity index (χ1) is 9.52. The molecule has 0 spiro atoms. The summed E-state index contributed by atoms with van der Waals surface area (Å²) in [5.74, 6) is -0.247. The Labute approximate surface area is 124 Å². The molecule has 1 atom stereocenters. The van der Waals surface area contributed by atoms with Gasteiger partial charge in [-0.1, -0.05) is 17.7 Å². The topological polar surface area (TPSA) is 29.3 Å². The maximum absolute atomic E-state index is 13.0. The number of anilines is 2. The van der Waals surface area contributed by atoms with E-state index in [0.29, 0.717) is 5.02 Å².